The third kappa shape index (κ3) is 3.67. The van der Waals surface area contributed by atoms with E-state index in [1.807, 2.05) is 24.3 Å². The summed E-state index contributed by atoms with van der Waals surface area (Å²) in [6.07, 6.45) is 2.51. The summed E-state index contributed by atoms with van der Waals surface area (Å²) >= 11 is 6.14. The normalized spacial score (nSPS) is 11.0. The van der Waals surface area contributed by atoms with Gasteiger partial charge >= 0.3 is 0 Å². The van der Waals surface area contributed by atoms with Crippen LogP contribution in [0.2, 0.25) is 5.02 Å². The molecule has 0 aliphatic carbocycles. The molecule has 0 saturated heterocycles. The molecule has 6 nitrogen and oxygen atoms in total. The van der Waals surface area contributed by atoms with Crippen LogP contribution in [0.25, 0.3) is 16.7 Å². The number of fused-ring (bicyclic) bond motifs is 1. The Morgan fingerprint density at radius 3 is 2.55 bits per heavy atom. The van der Waals surface area contributed by atoms with E-state index in [-0.39, 0.29) is 18.0 Å². The number of rotatable bonds is 5. The van der Waals surface area contributed by atoms with Crippen LogP contribution in [-0.4, -0.2) is 20.3 Å². The molecular formula is C22H19ClN4O2. The van der Waals surface area contributed by atoms with Gasteiger partial charge in [-0.1, -0.05) is 42.8 Å². The van der Waals surface area contributed by atoms with E-state index in [9.17, 15) is 9.59 Å². The number of nitrogens with zero attached hydrogens (tertiary/aromatic N) is 3. The Kier molecular flexibility index (Phi) is 5.18. The fourth-order valence-electron chi connectivity index (χ4n) is 3.25. The average molecular weight is 407 g/mol. The number of hydrogen-bond acceptors (Lipinski definition) is 3. The van der Waals surface area contributed by atoms with E-state index in [4.69, 9.17) is 11.6 Å². The molecule has 1 amide bonds. The Bertz CT molecular complexity index is 1240. The van der Waals surface area contributed by atoms with E-state index < -0.39 is 0 Å². The highest BCUT2D eigenvalue weighted by Gasteiger charge is 2.18. The van der Waals surface area contributed by atoms with Crippen LogP contribution in [-0.2, 0) is 17.8 Å². The molecule has 0 aliphatic heterocycles. The summed E-state index contributed by atoms with van der Waals surface area (Å²) in [5.41, 5.74) is 2.59. The van der Waals surface area contributed by atoms with E-state index in [1.165, 1.54) is 10.2 Å². The molecule has 0 spiro atoms. The fourth-order valence-corrected chi connectivity index (χ4v) is 3.43. The van der Waals surface area contributed by atoms with Crippen molar-refractivity contribution in [2.24, 2.45) is 0 Å². The van der Waals surface area contributed by atoms with Crippen LogP contribution in [0.5, 0.6) is 0 Å². The van der Waals surface area contributed by atoms with Gasteiger partial charge in [0.15, 0.2) is 5.65 Å². The molecule has 7 heteroatoms. The van der Waals surface area contributed by atoms with Gasteiger partial charge in [0.1, 0.15) is 6.54 Å². The van der Waals surface area contributed by atoms with Gasteiger partial charge in [-0.3, -0.25) is 14.3 Å². The van der Waals surface area contributed by atoms with Crippen LogP contribution in [0.3, 0.4) is 0 Å². The number of carbonyl (C=O) groups excluding carboxylic acids is 1. The number of aryl methyl sites for hydroxylation is 1. The van der Waals surface area contributed by atoms with Crippen LogP contribution >= 0.6 is 11.6 Å². The van der Waals surface area contributed by atoms with E-state index in [0.29, 0.717) is 27.4 Å². The monoisotopic (exact) mass is 406 g/mol. The van der Waals surface area contributed by atoms with Crippen LogP contribution in [0, 0.1) is 0 Å². The van der Waals surface area contributed by atoms with Crippen molar-refractivity contribution in [2.45, 2.75) is 19.9 Å². The van der Waals surface area contributed by atoms with E-state index in [2.05, 4.69) is 17.2 Å². The summed E-state index contributed by atoms with van der Waals surface area (Å²) in [5, 5.41) is 3.70. The lowest BCUT2D eigenvalue weighted by Crippen LogP contribution is -2.27. The Hall–Kier alpha value is -3.38. The van der Waals surface area contributed by atoms with Gasteiger partial charge in [-0.25, -0.2) is 9.67 Å². The van der Waals surface area contributed by atoms with Crippen LogP contribution in [0.15, 0.2) is 71.7 Å². The zero-order valence-corrected chi connectivity index (χ0v) is 16.6. The molecule has 4 aromatic rings. The quantitative estimate of drug-likeness (QED) is 0.543. The van der Waals surface area contributed by atoms with Crippen LogP contribution in [0.1, 0.15) is 12.5 Å². The predicted octanol–water partition coefficient (Wildman–Crippen LogP) is 4.04. The molecule has 0 bridgehead atoms. The molecule has 0 aliphatic rings. The van der Waals surface area contributed by atoms with E-state index in [1.54, 1.807) is 47.3 Å². The van der Waals surface area contributed by atoms with Crippen molar-refractivity contribution in [1.29, 1.82) is 0 Å². The highest BCUT2D eigenvalue weighted by molar-refractivity contribution is 6.33. The van der Waals surface area contributed by atoms with Gasteiger partial charge in [0.05, 0.1) is 21.8 Å². The second-order valence-electron chi connectivity index (χ2n) is 6.60. The highest BCUT2D eigenvalue weighted by atomic mass is 35.5. The number of pyridine rings is 1. The standard InChI is InChI=1S/C22H19ClN4O2/c1-2-15-9-11-16(12-10-15)27-22(29)17-6-5-13-24-21(17)26(27)14-20(28)25-19-8-4-3-7-18(19)23/h3-13H,2,14H2,1H3,(H,25,28). The number of halogens is 1. The zero-order chi connectivity index (χ0) is 20.4. The van der Waals surface area contributed by atoms with Crippen LogP contribution in [0.4, 0.5) is 5.69 Å². The molecule has 146 valence electrons. The average Bonchev–Trinajstić information content (AvgIpc) is 3.02. The first kappa shape index (κ1) is 19.0. The van der Waals surface area contributed by atoms with Crippen molar-refractivity contribution in [3.8, 4) is 5.69 Å². The molecule has 2 aromatic carbocycles. The number of nitrogens with one attached hydrogen (secondary N) is 1. The second kappa shape index (κ2) is 7.93. The number of carbonyl (C=O) groups is 1. The molecule has 2 aromatic heterocycles. The van der Waals surface area contributed by atoms with Gasteiger partial charge in [-0.05, 0) is 48.4 Å². The Morgan fingerprint density at radius 1 is 1.07 bits per heavy atom. The van der Waals surface area contributed by atoms with Crippen molar-refractivity contribution in [3.63, 3.8) is 0 Å². The topological polar surface area (TPSA) is 68.9 Å². The van der Waals surface area contributed by atoms with Crippen molar-refractivity contribution in [2.75, 3.05) is 5.32 Å². The molecule has 0 unspecified atom stereocenters. The van der Waals surface area contributed by atoms with Crippen molar-refractivity contribution >= 4 is 34.2 Å². The Morgan fingerprint density at radius 2 is 1.83 bits per heavy atom. The van der Waals surface area contributed by atoms with Crippen LogP contribution < -0.4 is 10.9 Å². The number of benzene rings is 2. The van der Waals surface area contributed by atoms with Crippen molar-refractivity contribution < 1.29 is 4.79 Å². The summed E-state index contributed by atoms with van der Waals surface area (Å²) in [6, 6.07) is 18.1. The largest absolute Gasteiger partial charge is 0.323 e. The lowest BCUT2D eigenvalue weighted by molar-refractivity contribution is -0.116. The Labute approximate surface area is 172 Å². The summed E-state index contributed by atoms with van der Waals surface area (Å²) in [7, 11) is 0. The number of aromatic nitrogens is 3. The number of amides is 1. The summed E-state index contributed by atoms with van der Waals surface area (Å²) in [4.78, 5) is 30.1. The molecule has 2 heterocycles. The maximum Gasteiger partial charge on any atom is 0.280 e. The lowest BCUT2D eigenvalue weighted by Gasteiger charge is -2.13. The van der Waals surface area contributed by atoms with Gasteiger partial charge in [-0.15, -0.1) is 0 Å². The van der Waals surface area contributed by atoms with Gasteiger partial charge < -0.3 is 5.32 Å². The fraction of sp³-hybridized carbons (Fsp3) is 0.136. The maximum absolute atomic E-state index is 13.0. The molecule has 4 rings (SSSR count). The first-order valence-electron chi connectivity index (χ1n) is 9.28. The summed E-state index contributed by atoms with van der Waals surface area (Å²) < 4.78 is 3.08. The SMILES string of the molecule is CCc1ccc(-n2c(=O)c3cccnc3n2CC(=O)Nc2ccccc2Cl)cc1. The zero-order valence-electron chi connectivity index (χ0n) is 15.8. The van der Waals surface area contributed by atoms with Gasteiger partial charge in [-0.2, -0.15) is 0 Å². The van der Waals surface area contributed by atoms with Gasteiger partial charge in [0.25, 0.3) is 5.56 Å². The molecular weight excluding hydrogens is 388 g/mol. The minimum Gasteiger partial charge on any atom is -0.323 e. The minimum atomic E-state index is -0.306. The first-order valence-corrected chi connectivity index (χ1v) is 9.66. The number of para-hydroxylation sites is 1. The molecule has 0 atom stereocenters. The molecule has 0 radical (unpaired) electrons. The second-order valence-corrected chi connectivity index (χ2v) is 7.00. The molecule has 29 heavy (non-hydrogen) atoms. The third-order valence-corrected chi connectivity index (χ3v) is 5.06. The molecule has 0 saturated carbocycles. The van der Waals surface area contributed by atoms with E-state index in [0.717, 1.165) is 6.42 Å². The van der Waals surface area contributed by atoms with Crippen molar-refractivity contribution in [3.05, 3.63) is 87.8 Å². The van der Waals surface area contributed by atoms with Crippen molar-refractivity contribution in [1.82, 2.24) is 14.3 Å². The smallest absolute Gasteiger partial charge is 0.280 e. The molecule has 1 N–H and O–H groups in total. The highest BCUT2D eigenvalue weighted by Crippen LogP contribution is 2.21. The minimum absolute atomic E-state index is 0.0868. The summed E-state index contributed by atoms with van der Waals surface area (Å²) in [5.74, 6) is -0.306. The third-order valence-electron chi connectivity index (χ3n) is 4.73. The van der Waals surface area contributed by atoms with E-state index >= 15 is 0 Å². The first-order chi connectivity index (χ1) is 14.1. The van der Waals surface area contributed by atoms with Gasteiger partial charge in [0.2, 0.25) is 5.91 Å². The maximum atomic E-state index is 13.0. The summed E-state index contributed by atoms with van der Waals surface area (Å²) in [6.45, 7) is 1.98. The Balaban J connectivity index is 1.77. The number of hydrogen-bond donors (Lipinski definition) is 1. The predicted molar refractivity (Wildman–Crippen MR) is 115 cm³/mol. The van der Waals surface area contributed by atoms with Gasteiger partial charge in [0, 0.05) is 6.20 Å². The number of anilines is 1. The molecule has 0 fully saturated rings. The lowest BCUT2D eigenvalue weighted by atomic mass is 10.1.